The molecule has 0 fully saturated rings. The zero-order valence-electron chi connectivity index (χ0n) is 11.7. The first-order valence-electron chi connectivity index (χ1n) is 6.44. The number of aliphatic carboxylic acids is 1. The molecular formula is C14H20N2O4. The molecule has 20 heavy (non-hydrogen) atoms. The predicted molar refractivity (Wildman–Crippen MR) is 76.1 cm³/mol. The summed E-state index contributed by atoms with van der Waals surface area (Å²) >= 11 is 0. The number of rotatable bonds is 7. The van der Waals surface area contributed by atoms with E-state index in [1.54, 1.807) is 31.4 Å². The molecule has 0 spiro atoms. The summed E-state index contributed by atoms with van der Waals surface area (Å²) in [4.78, 5) is 22.1. The van der Waals surface area contributed by atoms with Crippen LogP contribution >= 0.6 is 0 Å². The van der Waals surface area contributed by atoms with Crippen molar-refractivity contribution in [3.8, 4) is 5.75 Å². The summed E-state index contributed by atoms with van der Waals surface area (Å²) in [7, 11) is 1.56. The van der Waals surface area contributed by atoms with Crippen LogP contribution in [0.5, 0.6) is 5.75 Å². The highest BCUT2D eigenvalue weighted by molar-refractivity contribution is 5.89. The molecule has 2 amide bonds. The summed E-state index contributed by atoms with van der Waals surface area (Å²) in [6, 6.07) is 6.65. The second-order valence-corrected chi connectivity index (χ2v) is 4.52. The lowest BCUT2D eigenvalue weighted by molar-refractivity contribution is -0.137. The van der Waals surface area contributed by atoms with E-state index in [1.165, 1.54) is 0 Å². The number of carboxylic acid groups (broad SMARTS) is 1. The Kier molecular flexibility index (Phi) is 6.36. The zero-order chi connectivity index (χ0) is 15.0. The number of carbonyl (C=O) groups excluding carboxylic acids is 1. The fourth-order valence-electron chi connectivity index (χ4n) is 1.72. The number of amides is 2. The number of hydrogen-bond acceptors (Lipinski definition) is 3. The third-order valence-corrected chi connectivity index (χ3v) is 2.73. The Morgan fingerprint density at radius 1 is 1.40 bits per heavy atom. The number of carbonyl (C=O) groups is 2. The fourth-order valence-corrected chi connectivity index (χ4v) is 1.72. The van der Waals surface area contributed by atoms with Crippen molar-refractivity contribution < 1.29 is 19.4 Å². The summed E-state index contributed by atoms with van der Waals surface area (Å²) in [5.74, 6) is -0.157. The lowest BCUT2D eigenvalue weighted by Gasteiger charge is -2.14. The van der Waals surface area contributed by atoms with Crippen LogP contribution in [0.4, 0.5) is 10.5 Å². The molecule has 1 unspecified atom stereocenters. The first kappa shape index (κ1) is 15.8. The maximum absolute atomic E-state index is 11.7. The van der Waals surface area contributed by atoms with E-state index < -0.39 is 5.97 Å². The minimum Gasteiger partial charge on any atom is -0.497 e. The van der Waals surface area contributed by atoms with Crippen LogP contribution in [0.1, 0.15) is 26.2 Å². The molecule has 0 bridgehead atoms. The summed E-state index contributed by atoms with van der Waals surface area (Å²) in [5.41, 5.74) is 0.639. The summed E-state index contributed by atoms with van der Waals surface area (Å²) in [6.45, 7) is 1.84. The van der Waals surface area contributed by atoms with Gasteiger partial charge in [0, 0.05) is 24.2 Å². The zero-order valence-corrected chi connectivity index (χ0v) is 11.7. The summed E-state index contributed by atoms with van der Waals surface area (Å²) in [5, 5.41) is 14.0. The number of carboxylic acids is 1. The van der Waals surface area contributed by atoms with Gasteiger partial charge in [0.05, 0.1) is 7.11 Å². The van der Waals surface area contributed by atoms with Gasteiger partial charge in [-0.2, -0.15) is 0 Å². The molecule has 0 aromatic heterocycles. The van der Waals surface area contributed by atoms with Crippen molar-refractivity contribution in [2.45, 2.75) is 32.2 Å². The van der Waals surface area contributed by atoms with Crippen LogP contribution in [0, 0.1) is 0 Å². The molecular weight excluding hydrogens is 260 g/mol. The SMILES string of the molecule is COc1cccc(NC(=O)NC(C)CCCC(=O)O)c1. The van der Waals surface area contributed by atoms with Gasteiger partial charge in [-0.05, 0) is 31.9 Å². The Balaban J connectivity index is 2.36. The highest BCUT2D eigenvalue weighted by Gasteiger charge is 2.08. The summed E-state index contributed by atoms with van der Waals surface area (Å²) < 4.78 is 5.07. The van der Waals surface area contributed by atoms with E-state index in [0.29, 0.717) is 24.3 Å². The van der Waals surface area contributed by atoms with Gasteiger partial charge in [-0.1, -0.05) is 6.07 Å². The van der Waals surface area contributed by atoms with Crippen molar-refractivity contribution in [3.63, 3.8) is 0 Å². The molecule has 3 N–H and O–H groups in total. The fraction of sp³-hybridized carbons (Fsp3) is 0.429. The second-order valence-electron chi connectivity index (χ2n) is 4.52. The van der Waals surface area contributed by atoms with Crippen molar-refractivity contribution in [2.24, 2.45) is 0 Å². The van der Waals surface area contributed by atoms with E-state index in [9.17, 15) is 9.59 Å². The lowest BCUT2D eigenvalue weighted by atomic mass is 10.1. The Morgan fingerprint density at radius 2 is 2.15 bits per heavy atom. The van der Waals surface area contributed by atoms with Gasteiger partial charge in [-0.3, -0.25) is 4.79 Å². The summed E-state index contributed by atoms with van der Waals surface area (Å²) in [6.07, 6.45) is 1.28. The van der Waals surface area contributed by atoms with Gasteiger partial charge in [-0.25, -0.2) is 4.79 Å². The van der Waals surface area contributed by atoms with Crippen LogP contribution in [0.25, 0.3) is 0 Å². The molecule has 0 heterocycles. The van der Waals surface area contributed by atoms with Crippen molar-refractivity contribution in [2.75, 3.05) is 12.4 Å². The Morgan fingerprint density at radius 3 is 2.80 bits per heavy atom. The van der Waals surface area contributed by atoms with E-state index in [1.807, 2.05) is 6.92 Å². The maximum Gasteiger partial charge on any atom is 0.319 e. The number of urea groups is 1. The third-order valence-electron chi connectivity index (χ3n) is 2.73. The van der Waals surface area contributed by atoms with Crippen LogP contribution in [0.3, 0.4) is 0 Å². The largest absolute Gasteiger partial charge is 0.497 e. The van der Waals surface area contributed by atoms with Gasteiger partial charge in [0.1, 0.15) is 5.75 Å². The molecule has 0 saturated heterocycles. The van der Waals surface area contributed by atoms with Crippen LogP contribution in [0.2, 0.25) is 0 Å². The van der Waals surface area contributed by atoms with E-state index in [2.05, 4.69) is 10.6 Å². The number of anilines is 1. The van der Waals surface area contributed by atoms with Crippen LogP contribution < -0.4 is 15.4 Å². The predicted octanol–water partition coefficient (Wildman–Crippen LogP) is 2.46. The number of benzene rings is 1. The van der Waals surface area contributed by atoms with Gasteiger partial charge in [0.15, 0.2) is 0 Å². The Labute approximate surface area is 118 Å². The number of nitrogens with one attached hydrogen (secondary N) is 2. The monoisotopic (exact) mass is 280 g/mol. The number of hydrogen-bond donors (Lipinski definition) is 3. The van der Waals surface area contributed by atoms with Gasteiger partial charge < -0.3 is 20.5 Å². The van der Waals surface area contributed by atoms with Crippen LogP contribution in [0.15, 0.2) is 24.3 Å². The third kappa shape index (κ3) is 6.08. The number of ether oxygens (including phenoxy) is 1. The normalized spacial score (nSPS) is 11.5. The molecule has 1 rings (SSSR count). The van der Waals surface area contributed by atoms with Crippen LogP contribution in [-0.2, 0) is 4.79 Å². The minimum absolute atomic E-state index is 0.0834. The van der Waals surface area contributed by atoms with Crippen molar-refractivity contribution in [1.29, 1.82) is 0 Å². The smallest absolute Gasteiger partial charge is 0.319 e. The molecule has 0 aliphatic carbocycles. The van der Waals surface area contributed by atoms with Crippen LogP contribution in [-0.4, -0.2) is 30.3 Å². The molecule has 110 valence electrons. The standard InChI is InChI=1S/C14H20N2O4/c1-10(5-3-8-13(17)18)15-14(19)16-11-6-4-7-12(9-11)20-2/h4,6-7,9-10H,3,5,8H2,1-2H3,(H,17,18)(H2,15,16,19). The average Bonchev–Trinajstić information content (AvgIpc) is 2.38. The van der Waals surface area contributed by atoms with E-state index in [-0.39, 0.29) is 18.5 Å². The van der Waals surface area contributed by atoms with Gasteiger partial charge >= 0.3 is 12.0 Å². The molecule has 6 heteroatoms. The quantitative estimate of drug-likeness (QED) is 0.716. The average molecular weight is 280 g/mol. The Hall–Kier alpha value is -2.24. The van der Waals surface area contributed by atoms with Crippen molar-refractivity contribution in [3.05, 3.63) is 24.3 Å². The second kappa shape index (κ2) is 8.04. The molecule has 0 radical (unpaired) electrons. The highest BCUT2D eigenvalue weighted by Crippen LogP contribution is 2.16. The van der Waals surface area contributed by atoms with Gasteiger partial charge in [0.25, 0.3) is 0 Å². The maximum atomic E-state index is 11.7. The van der Waals surface area contributed by atoms with Gasteiger partial charge in [0.2, 0.25) is 0 Å². The van der Waals surface area contributed by atoms with Crippen molar-refractivity contribution in [1.82, 2.24) is 5.32 Å². The van der Waals surface area contributed by atoms with E-state index in [4.69, 9.17) is 9.84 Å². The molecule has 6 nitrogen and oxygen atoms in total. The van der Waals surface area contributed by atoms with Crippen molar-refractivity contribution >= 4 is 17.7 Å². The first-order valence-corrected chi connectivity index (χ1v) is 6.44. The molecule has 1 atom stereocenters. The van der Waals surface area contributed by atoms with E-state index >= 15 is 0 Å². The topological polar surface area (TPSA) is 87.7 Å². The van der Waals surface area contributed by atoms with E-state index in [0.717, 1.165) is 0 Å². The number of methoxy groups -OCH3 is 1. The highest BCUT2D eigenvalue weighted by atomic mass is 16.5. The molecule has 1 aromatic carbocycles. The van der Waals surface area contributed by atoms with Gasteiger partial charge in [-0.15, -0.1) is 0 Å². The minimum atomic E-state index is -0.821. The molecule has 0 aliphatic heterocycles. The molecule has 0 saturated carbocycles. The molecule has 0 aliphatic rings. The first-order chi connectivity index (χ1) is 9.51. The lowest BCUT2D eigenvalue weighted by Crippen LogP contribution is -2.36. The Bertz CT molecular complexity index is 462. The molecule has 1 aromatic rings.